The Balaban J connectivity index is 1.54. The number of oxazole rings is 1. The molecule has 22 heavy (non-hydrogen) atoms. The molecule has 0 bridgehead atoms. The van der Waals surface area contributed by atoms with Gasteiger partial charge in [0.1, 0.15) is 12.1 Å². The van der Waals surface area contributed by atoms with E-state index in [2.05, 4.69) is 10.3 Å². The van der Waals surface area contributed by atoms with Gasteiger partial charge in [-0.2, -0.15) is 0 Å². The van der Waals surface area contributed by atoms with E-state index in [1.54, 1.807) is 12.1 Å². The van der Waals surface area contributed by atoms with Crippen LogP contribution in [0.3, 0.4) is 0 Å². The predicted molar refractivity (Wildman–Crippen MR) is 79.3 cm³/mol. The van der Waals surface area contributed by atoms with Crippen LogP contribution >= 0.6 is 0 Å². The summed E-state index contributed by atoms with van der Waals surface area (Å²) in [7, 11) is 0. The standard InChI is InChI=1S/C16H18FN3O2/c17-12-5-3-11(4-6-12)16-20-13(9-22-16)7-15(21)19-8-14(18)10-1-2-10/h3-6,9-10,14H,1-2,7-8,18H2,(H,19,21). The predicted octanol–water partition coefficient (Wildman–Crippen LogP) is 1.88. The maximum absolute atomic E-state index is 12.9. The van der Waals surface area contributed by atoms with Crippen LogP contribution in [0.5, 0.6) is 0 Å². The van der Waals surface area contributed by atoms with Crippen molar-refractivity contribution in [3.05, 3.63) is 42.0 Å². The van der Waals surface area contributed by atoms with Crippen LogP contribution in [0, 0.1) is 11.7 Å². The second kappa shape index (κ2) is 6.27. The third-order valence-electron chi connectivity index (χ3n) is 3.75. The maximum Gasteiger partial charge on any atom is 0.226 e. The van der Waals surface area contributed by atoms with Gasteiger partial charge >= 0.3 is 0 Å². The Bertz CT molecular complexity index is 650. The zero-order valence-corrected chi connectivity index (χ0v) is 12.1. The summed E-state index contributed by atoms with van der Waals surface area (Å²) < 4.78 is 18.2. The SMILES string of the molecule is NC(CNC(=O)Cc1coc(-c2ccc(F)cc2)n1)C1CC1. The highest BCUT2D eigenvalue weighted by atomic mass is 19.1. The quantitative estimate of drug-likeness (QED) is 0.853. The highest BCUT2D eigenvalue weighted by Gasteiger charge is 2.28. The Morgan fingerprint density at radius 1 is 1.41 bits per heavy atom. The maximum atomic E-state index is 12.9. The molecule has 5 nitrogen and oxygen atoms in total. The van der Waals surface area contributed by atoms with E-state index in [1.807, 2.05) is 0 Å². The Kier molecular flexibility index (Phi) is 4.20. The number of halogens is 1. The number of nitrogens with one attached hydrogen (secondary N) is 1. The topological polar surface area (TPSA) is 81.1 Å². The zero-order chi connectivity index (χ0) is 15.5. The molecule has 1 amide bonds. The molecule has 3 N–H and O–H groups in total. The van der Waals surface area contributed by atoms with Crippen molar-refractivity contribution >= 4 is 5.91 Å². The van der Waals surface area contributed by atoms with Crippen LogP contribution in [0.15, 0.2) is 34.9 Å². The molecule has 1 saturated carbocycles. The minimum Gasteiger partial charge on any atom is -0.444 e. The summed E-state index contributed by atoms with van der Waals surface area (Å²) in [5, 5.41) is 2.81. The van der Waals surface area contributed by atoms with E-state index >= 15 is 0 Å². The van der Waals surface area contributed by atoms with E-state index in [4.69, 9.17) is 10.2 Å². The average molecular weight is 303 g/mol. The normalized spacial score (nSPS) is 15.5. The lowest BCUT2D eigenvalue weighted by Gasteiger charge is -2.10. The largest absolute Gasteiger partial charge is 0.444 e. The lowest BCUT2D eigenvalue weighted by Crippen LogP contribution is -2.39. The van der Waals surface area contributed by atoms with Crippen molar-refractivity contribution < 1.29 is 13.6 Å². The first-order chi connectivity index (χ1) is 10.6. The van der Waals surface area contributed by atoms with Gasteiger partial charge in [0.05, 0.1) is 12.1 Å². The Labute approximate surface area is 127 Å². The Hall–Kier alpha value is -2.21. The van der Waals surface area contributed by atoms with Crippen LogP contribution in [0.25, 0.3) is 11.5 Å². The van der Waals surface area contributed by atoms with Gasteiger partial charge < -0.3 is 15.5 Å². The summed E-state index contributed by atoms with van der Waals surface area (Å²) in [4.78, 5) is 16.1. The molecule has 1 atom stereocenters. The highest BCUT2D eigenvalue weighted by Crippen LogP contribution is 2.31. The molecule has 0 aliphatic heterocycles. The average Bonchev–Trinajstić information content (AvgIpc) is 3.26. The summed E-state index contributed by atoms with van der Waals surface area (Å²) in [6.07, 6.45) is 3.89. The van der Waals surface area contributed by atoms with Gasteiger partial charge in [-0.3, -0.25) is 4.79 Å². The van der Waals surface area contributed by atoms with Crippen molar-refractivity contribution in [3.63, 3.8) is 0 Å². The smallest absolute Gasteiger partial charge is 0.226 e. The molecule has 0 spiro atoms. The number of carbonyl (C=O) groups is 1. The minimum atomic E-state index is -0.318. The molecule has 2 aromatic rings. The second-order valence-corrected chi connectivity index (χ2v) is 5.63. The fraction of sp³-hybridized carbons (Fsp3) is 0.375. The molecular formula is C16H18FN3O2. The van der Waals surface area contributed by atoms with E-state index in [9.17, 15) is 9.18 Å². The summed E-state index contributed by atoms with van der Waals surface area (Å²) in [6.45, 7) is 0.492. The van der Waals surface area contributed by atoms with E-state index in [-0.39, 0.29) is 24.2 Å². The monoisotopic (exact) mass is 303 g/mol. The molecule has 1 unspecified atom stereocenters. The fourth-order valence-electron chi connectivity index (χ4n) is 2.26. The van der Waals surface area contributed by atoms with Gasteiger partial charge in [-0.25, -0.2) is 9.37 Å². The van der Waals surface area contributed by atoms with E-state index < -0.39 is 0 Å². The number of nitrogens with two attached hydrogens (primary N) is 1. The van der Waals surface area contributed by atoms with Crippen LogP contribution in [-0.2, 0) is 11.2 Å². The molecule has 1 fully saturated rings. The van der Waals surface area contributed by atoms with Crippen molar-refractivity contribution in [1.29, 1.82) is 0 Å². The molecule has 1 aromatic heterocycles. The summed E-state index contributed by atoms with van der Waals surface area (Å²) >= 11 is 0. The van der Waals surface area contributed by atoms with Crippen molar-refractivity contribution in [2.75, 3.05) is 6.54 Å². The van der Waals surface area contributed by atoms with Gasteiger partial charge in [0.15, 0.2) is 0 Å². The van der Waals surface area contributed by atoms with Gasteiger partial charge in [-0.05, 0) is 43.0 Å². The van der Waals surface area contributed by atoms with Gasteiger partial charge in [-0.15, -0.1) is 0 Å². The molecule has 1 aromatic carbocycles. The van der Waals surface area contributed by atoms with Crippen molar-refractivity contribution in [3.8, 4) is 11.5 Å². The van der Waals surface area contributed by atoms with Crippen molar-refractivity contribution in [2.45, 2.75) is 25.3 Å². The number of amides is 1. The lowest BCUT2D eigenvalue weighted by molar-refractivity contribution is -0.120. The minimum absolute atomic E-state index is 0.0380. The molecule has 0 saturated heterocycles. The molecule has 1 aliphatic rings. The van der Waals surface area contributed by atoms with E-state index in [0.29, 0.717) is 29.6 Å². The van der Waals surface area contributed by atoms with Gasteiger partial charge in [0, 0.05) is 18.2 Å². The molecule has 3 rings (SSSR count). The first-order valence-corrected chi connectivity index (χ1v) is 7.34. The first kappa shape index (κ1) is 14.7. The summed E-state index contributed by atoms with van der Waals surface area (Å²) in [5.41, 5.74) is 7.14. The number of rotatable bonds is 6. The number of benzene rings is 1. The first-order valence-electron chi connectivity index (χ1n) is 7.34. The van der Waals surface area contributed by atoms with Crippen LogP contribution in [0.1, 0.15) is 18.5 Å². The zero-order valence-electron chi connectivity index (χ0n) is 12.1. The Morgan fingerprint density at radius 3 is 2.82 bits per heavy atom. The molecule has 116 valence electrons. The molecule has 6 heteroatoms. The number of hydrogen-bond donors (Lipinski definition) is 2. The number of hydrogen-bond acceptors (Lipinski definition) is 4. The molecule has 1 aliphatic carbocycles. The van der Waals surface area contributed by atoms with Gasteiger partial charge in [-0.1, -0.05) is 0 Å². The third kappa shape index (κ3) is 3.71. The van der Waals surface area contributed by atoms with E-state index in [1.165, 1.54) is 18.4 Å². The third-order valence-corrected chi connectivity index (χ3v) is 3.75. The second-order valence-electron chi connectivity index (χ2n) is 5.63. The number of nitrogens with zero attached hydrogens (tertiary/aromatic N) is 1. The Morgan fingerprint density at radius 2 is 2.14 bits per heavy atom. The number of carbonyl (C=O) groups excluding carboxylic acids is 1. The summed E-state index contributed by atoms with van der Waals surface area (Å²) in [6, 6.07) is 5.88. The fourth-order valence-corrected chi connectivity index (χ4v) is 2.26. The number of aromatic nitrogens is 1. The molecule has 0 radical (unpaired) electrons. The van der Waals surface area contributed by atoms with Gasteiger partial charge in [0.2, 0.25) is 11.8 Å². The van der Waals surface area contributed by atoms with Crippen LogP contribution in [0.2, 0.25) is 0 Å². The summed E-state index contributed by atoms with van der Waals surface area (Å²) in [5.74, 6) is 0.479. The van der Waals surface area contributed by atoms with Crippen molar-refractivity contribution in [2.24, 2.45) is 11.7 Å². The van der Waals surface area contributed by atoms with Crippen LogP contribution < -0.4 is 11.1 Å². The molecule has 1 heterocycles. The lowest BCUT2D eigenvalue weighted by atomic mass is 10.2. The van der Waals surface area contributed by atoms with Crippen LogP contribution in [0.4, 0.5) is 4.39 Å². The van der Waals surface area contributed by atoms with Crippen molar-refractivity contribution in [1.82, 2.24) is 10.3 Å². The van der Waals surface area contributed by atoms with Crippen LogP contribution in [-0.4, -0.2) is 23.5 Å². The highest BCUT2D eigenvalue weighted by molar-refractivity contribution is 5.78. The van der Waals surface area contributed by atoms with E-state index in [0.717, 1.165) is 12.8 Å². The van der Waals surface area contributed by atoms with Gasteiger partial charge in [0.25, 0.3) is 0 Å². The molecular weight excluding hydrogens is 285 g/mol.